The molecule has 0 saturated carbocycles. The predicted molar refractivity (Wildman–Crippen MR) is 202 cm³/mol. The van der Waals surface area contributed by atoms with E-state index < -0.39 is 23.8 Å². The number of hydrogen-bond acceptors (Lipinski definition) is 10. The molecule has 1 atom stereocenters. The number of benzene rings is 2. The van der Waals surface area contributed by atoms with Gasteiger partial charge in [-0.1, -0.05) is 0 Å². The minimum absolute atomic E-state index is 0.000345. The quantitative estimate of drug-likeness (QED) is 0.327. The summed E-state index contributed by atoms with van der Waals surface area (Å²) < 4.78 is 13.3. The summed E-state index contributed by atoms with van der Waals surface area (Å²) in [7, 11) is 5.15. The zero-order valence-corrected chi connectivity index (χ0v) is 31.7. The number of nitrogens with zero attached hydrogens (tertiary/aromatic N) is 5. The van der Waals surface area contributed by atoms with Crippen molar-refractivity contribution in [2.75, 3.05) is 64.9 Å². The van der Waals surface area contributed by atoms with E-state index in [1.54, 1.807) is 38.0 Å². The van der Waals surface area contributed by atoms with E-state index in [0.29, 0.717) is 17.0 Å². The fourth-order valence-corrected chi connectivity index (χ4v) is 9.20. The number of carbonyl (C=O) groups excluding carboxylic acids is 4. The number of nitrogens with one attached hydrogen (secondary N) is 1. The third-order valence-electron chi connectivity index (χ3n) is 12.5. The van der Waals surface area contributed by atoms with Crippen molar-refractivity contribution in [1.82, 2.24) is 24.6 Å². The first-order valence-corrected chi connectivity index (χ1v) is 18.9. The van der Waals surface area contributed by atoms with Crippen molar-refractivity contribution in [2.24, 2.45) is 18.4 Å². The monoisotopic (exact) mass is 736 g/mol. The van der Waals surface area contributed by atoms with Crippen molar-refractivity contribution < 1.29 is 28.7 Å². The molecule has 1 N–H and O–H groups in total. The summed E-state index contributed by atoms with van der Waals surface area (Å²) in [6.07, 6.45) is 4.37. The number of anilines is 1. The normalized spacial score (nSPS) is 21.6. The van der Waals surface area contributed by atoms with Crippen LogP contribution in [0.4, 0.5) is 5.69 Å². The van der Waals surface area contributed by atoms with Gasteiger partial charge in [-0.05, 0) is 88.0 Å². The van der Waals surface area contributed by atoms with Gasteiger partial charge in [0.25, 0.3) is 17.4 Å². The third-order valence-corrected chi connectivity index (χ3v) is 12.5. The average molecular weight is 737 g/mol. The number of rotatable bonds is 9. The SMILES string of the molecule is COc1cc(-c2cn(C)c(=O)c(C)c2C)c(OC)cc1CN1CC(CN2CCC3(CC2)CN(c2ccc4c(c2)C(=O)N(C2CCC(=O)NC2=O)C4=O)C3)C1. The number of methoxy groups -OCH3 is 2. The van der Waals surface area contributed by atoms with Crippen molar-refractivity contribution in [3.63, 3.8) is 0 Å². The summed E-state index contributed by atoms with van der Waals surface area (Å²) in [6, 6.07) is 8.54. The van der Waals surface area contributed by atoms with Gasteiger partial charge in [0.05, 0.1) is 25.3 Å². The number of piperidine rings is 2. The molecule has 0 aliphatic carbocycles. The van der Waals surface area contributed by atoms with Gasteiger partial charge in [0, 0.05) is 92.3 Å². The number of aryl methyl sites for hydroxylation is 1. The lowest BCUT2D eigenvalue weighted by Gasteiger charge is -2.55. The Morgan fingerprint density at radius 1 is 0.815 bits per heavy atom. The maximum absolute atomic E-state index is 13.3. The summed E-state index contributed by atoms with van der Waals surface area (Å²) >= 11 is 0. The summed E-state index contributed by atoms with van der Waals surface area (Å²) in [5, 5.41) is 2.25. The lowest BCUT2D eigenvalue weighted by Crippen LogP contribution is -2.61. The smallest absolute Gasteiger partial charge is 0.262 e. The Morgan fingerprint density at radius 2 is 1.52 bits per heavy atom. The number of carbonyl (C=O) groups is 4. The van der Waals surface area contributed by atoms with Crippen LogP contribution in [0.3, 0.4) is 0 Å². The van der Waals surface area contributed by atoms with Gasteiger partial charge in [-0.3, -0.25) is 39.1 Å². The van der Waals surface area contributed by atoms with E-state index in [0.717, 1.165) is 115 Å². The third kappa shape index (κ3) is 6.16. The zero-order chi connectivity index (χ0) is 38.1. The molecule has 0 radical (unpaired) electrons. The van der Waals surface area contributed by atoms with Crippen LogP contribution >= 0.6 is 0 Å². The van der Waals surface area contributed by atoms with Crippen LogP contribution < -0.4 is 25.2 Å². The van der Waals surface area contributed by atoms with Gasteiger partial charge in [-0.15, -0.1) is 0 Å². The van der Waals surface area contributed by atoms with Crippen molar-refractivity contribution in [3.05, 3.63) is 74.7 Å². The number of ether oxygens (including phenoxy) is 2. The topological polar surface area (TPSA) is 134 Å². The predicted octanol–water partition coefficient (Wildman–Crippen LogP) is 3.12. The number of likely N-dealkylation sites (tertiary alicyclic amines) is 2. The molecule has 13 heteroatoms. The molecule has 4 saturated heterocycles. The number of imide groups is 2. The molecule has 0 bridgehead atoms. The molecule has 4 fully saturated rings. The van der Waals surface area contributed by atoms with E-state index in [2.05, 4.69) is 26.1 Å². The maximum atomic E-state index is 13.3. The highest BCUT2D eigenvalue weighted by Crippen LogP contribution is 2.44. The first kappa shape index (κ1) is 36.0. The standard InChI is InChI=1S/C41H48N6O7/c1-24-25(2)38(50)43(3)21-32(24)30-16-34(53-4)27(14-35(30)54-5)20-45-18-26(19-45)17-44-12-10-41(11-13-44)22-46(23-41)28-6-7-29-31(15-28)40(52)47(39(29)51)33-8-9-36(48)42-37(33)49/h6-7,14-16,21,26,33H,8-13,17-20,22-23H2,1-5H3,(H,42,48,49). The molecule has 1 spiro atoms. The number of pyridine rings is 1. The van der Waals surface area contributed by atoms with E-state index in [1.165, 1.54) is 0 Å². The Labute approximate surface area is 314 Å². The highest BCUT2D eigenvalue weighted by molar-refractivity contribution is 6.23. The lowest BCUT2D eigenvalue weighted by molar-refractivity contribution is -0.136. The van der Waals surface area contributed by atoms with Crippen molar-refractivity contribution in [1.29, 1.82) is 0 Å². The Kier molecular flexibility index (Phi) is 9.12. The second kappa shape index (κ2) is 13.7. The van der Waals surface area contributed by atoms with Gasteiger partial charge in [-0.25, -0.2) is 0 Å². The molecule has 1 unspecified atom stereocenters. The molecule has 4 amide bonds. The van der Waals surface area contributed by atoms with Gasteiger partial charge in [0.2, 0.25) is 11.8 Å². The average Bonchev–Trinajstić information content (AvgIpc) is 3.38. The summed E-state index contributed by atoms with van der Waals surface area (Å²) in [5.74, 6) is 0.265. The molecule has 1 aromatic heterocycles. The Bertz CT molecular complexity index is 2120. The van der Waals surface area contributed by atoms with Crippen molar-refractivity contribution >= 4 is 29.3 Å². The molecule has 5 aliphatic heterocycles. The van der Waals surface area contributed by atoms with Gasteiger partial charge in [-0.2, -0.15) is 0 Å². The minimum Gasteiger partial charge on any atom is -0.496 e. The summed E-state index contributed by atoms with van der Waals surface area (Å²) in [5.41, 5.74) is 6.42. The molecule has 5 aliphatic rings. The number of aromatic nitrogens is 1. The van der Waals surface area contributed by atoms with E-state index in [4.69, 9.17) is 9.47 Å². The van der Waals surface area contributed by atoms with Crippen LogP contribution in [-0.2, 0) is 23.2 Å². The van der Waals surface area contributed by atoms with Crippen LogP contribution in [0.2, 0.25) is 0 Å². The highest BCUT2D eigenvalue weighted by Gasteiger charge is 2.48. The van der Waals surface area contributed by atoms with Crippen LogP contribution in [0, 0.1) is 25.2 Å². The number of hydrogen-bond donors (Lipinski definition) is 1. The molecule has 6 heterocycles. The Balaban J connectivity index is 0.827. The zero-order valence-electron chi connectivity index (χ0n) is 31.7. The van der Waals surface area contributed by atoms with Crippen LogP contribution in [0.25, 0.3) is 11.1 Å². The second-order valence-corrected chi connectivity index (χ2v) is 16.0. The Morgan fingerprint density at radius 3 is 2.20 bits per heavy atom. The first-order valence-electron chi connectivity index (χ1n) is 18.9. The van der Waals surface area contributed by atoms with Crippen LogP contribution in [-0.4, -0.2) is 109 Å². The van der Waals surface area contributed by atoms with Crippen LogP contribution in [0.5, 0.6) is 11.5 Å². The fraction of sp³-hybridized carbons (Fsp3) is 0.488. The number of fused-ring (bicyclic) bond motifs is 1. The van der Waals surface area contributed by atoms with Gasteiger partial charge in [0.15, 0.2) is 0 Å². The van der Waals surface area contributed by atoms with E-state index in [-0.39, 0.29) is 29.7 Å². The molecular formula is C41H48N6O7. The van der Waals surface area contributed by atoms with E-state index in [1.807, 2.05) is 32.2 Å². The van der Waals surface area contributed by atoms with Crippen molar-refractivity contribution in [3.8, 4) is 22.6 Å². The van der Waals surface area contributed by atoms with Gasteiger partial charge >= 0.3 is 0 Å². The molecular weight excluding hydrogens is 688 g/mol. The van der Waals surface area contributed by atoms with E-state index in [9.17, 15) is 24.0 Å². The van der Waals surface area contributed by atoms with Gasteiger partial charge in [0.1, 0.15) is 17.5 Å². The van der Waals surface area contributed by atoms with Crippen LogP contribution in [0.15, 0.2) is 41.3 Å². The molecule has 2 aromatic carbocycles. The second-order valence-electron chi connectivity index (χ2n) is 16.0. The van der Waals surface area contributed by atoms with Gasteiger partial charge < -0.3 is 23.8 Å². The minimum atomic E-state index is -0.960. The summed E-state index contributed by atoms with van der Waals surface area (Å²) in [4.78, 5) is 71.3. The highest BCUT2D eigenvalue weighted by atomic mass is 16.5. The molecule has 8 rings (SSSR count). The van der Waals surface area contributed by atoms with Crippen LogP contribution in [0.1, 0.15) is 63.1 Å². The number of amides is 4. The van der Waals surface area contributed by atoms with E-state index >= 15 is 0 Å². The maximum Gasteiger partial charge on any atom is 0.262 e. The largest absolute Gasteiger partial charge is 0.496 e. The molecule has 13 nitrogen and oxygen atoms in total. The Hall–Kier alpha value is -5.01. The first-order chi connectivity index (χ1) is 25.9. The fourth-order valence-electron chi connectivity index (χ4n) is 9.20. The molecule has 284 valence electrons. The summed E-state index contributed by atoms with van der Waals surface area (Å²) in [6.45, 7) is 11.7. The molecule has 54 heavy (non-hydrogen) atoms. The molecule has 3 aromatic rings. The lowest BCUT2D eigenvalue weighted by atomic mass is 9.71. The van der Waals surface area contributed by atoms with Crippen molar-refractivity contribution in [2.45, 2.75) is 52.1 Å².